The number of hydrogen-bond acceptors (Lipinski definition) is 7. The zero-order chi connectivity index (χ0) is 35.2. The van der Waals surface area contributed by atoms with Gasteiger partial charge in [-0.05, 0) is 54.9 Å². The number of aliphatic carboxylic acids is 1. The van der Waals surface area contributed by atoms with Crippen LogP contribution in [0.5, 0.6) is 0 Å². The molecule has 0 aromatic heterocycles. The van der Waals surface area contributed by atoms with Gasteiger partial charge in [0.2, 0.25) is 29.5 Å². The third kappa shape index (κ3) is 11.4. The summed E-state index contributed by atoms with van der Waals surface area (Å²) in [6, 6.07) is 7.90. The zero-order valence-corrected chi connectivity index (χ0v) is 27.2. The molecule has 15 nitrogen and oxygen atoms in total. The third-order valence-electron chi connectivity index (χ3n) is 8.01. The van der Waals surface area contributed by atoms with Crippen LogP contribution in [0.2, 0.25) is 0 Å². The number of carboxylic acids is 1. The van der Waals surface area contributed by atoms with Crippen molar-refractivity contribution in [3.05, 3.63) is 48.0 Å². The van der Waals surface area contributed by atoms with Crippen molar-refractivity contribution in [3.8, 4) is 0 Å². The number of likely N-dealkylation sites (tertiary alicyclic amines) is 1. The number of hydrogen-bond donors (Lipinski definition) is 7. The van der Waals surface area contributed by atoms with Gasteiger partial charge < -0.3 is 42.7 Å². The Hall–Kier alpha value is -4.92. The van der Waals surface area contributed by atoms with Gasteiger partial charge in [-0.15, -0.1) is 11.6 Å². The Kier molecular flexibility index (Phi) is 14.4. The number of carboxylic acid groups (broad SMARTS) is 1. The van der Waals surface area contributed by atoms with E-state index in [1.165, 1.54) is 4.90 Å². The number of amides is 7. The van der Waals surface area contributed by atoms with Crippen molar-refractivity contribution < 1.29 is 38.7 Å². The highest BCUT2D eigenvalue weighted by molar-refractivity contribution is 6.27. The Morgan fingerprint density at radius 2 is 1.62 bits per heavy atom. The first-order valence-corrected chi connectivity index (χ1v) is 16.2. The number of fused-ring (bicyclic) bond motifs is 1. The molecule has 4 unspecified atom stereocenters. The van der Waals surface area contributed by atoms with Crippen molar-refractivity contribution in [2.75, 3.05) is 19.0 Å². The molecule has 0 saturated carbocycles. The molecule has 48 heavy (non-hydrogen) atoms. The number of nitrogens with one attached hydrogen (secondary N) is 4. The van der Waals surface area contributed by atoms with Gasteiger partial charge in [-0.1, -0.05) is 42.5 Å². The quantitative estimate of drug-likeness (QED) is 0.0896. The normalized spacial score (nSPS) is 16.2. The summed E-state index contributed by atoms with van der Waals surface area (Å²) in [4.78, 5) is 89.0. The van der Waals surface area contributed by atoms with E-state index >= 15 is 0 Å². The van der Waals surface area contributed by atoms with Crippen molar-refractivity contribution in [1.82, 2.24) is 26.2 Å². The number of carbonyl (C=O) groups is 7. The molecule has 2 aromatic carbocycles. The maximum atomic E-state index is 13.9. The predicted molar refractivity (Wildman–Crippen MR) is 176 cm³/mol. The number of urea groups is 1. The standard InChI is InChI=1S/C32H42ClN7O8/c33-18-26(41)37-23(12-13-27(42)43)31(47)40-15-4-3-9-25(40)30(46)39-24(17-19-10-11-20-6-1-2-7-21(20)16-19)29(45)38-22(28(34)44)8-5-14-36-32(35)48/h1-2,6-7,10-11,16,22-25H,3-5,8-9,12-15,17-18H2,(H2,34,44)(H,37,41)(H,38,45)(H,39,46)(H,42,43)(H3,35,36,48). The Morgan fingerprint density at radius 3 is 2.29 bits per heavy atom. The maximum absolute atomic E-state index is 13.9. The number of carbonyl (C=O) groups excluding carboxylic acids is 6. The fourth-order valence-electron chi connectivity index (χ4n) is 5.58. The summed E-state index contributed by atoms with van der Waals surface area (Å²) in [5.41, 5.74) is 11.3. The molecule has 2 aromatic rings. The van der Waals surface area contributed by atoms with Crippen molar-refractivity contribution in [1.29, 1.82) is 0 Å². The number of nitrogens with two attached hydrogens (primary N) is 2. The van der Waals surface area contributed by atoms with Crippen LogP contribution in [-0.2, 0) is 35.2 Å². The van der Waals surface area contributed by atoms with E-state index in [-0.39, 0.29) is 45.2 Å². The summed E-state index contributed by atoms with van der Waals surface area (Å²) in [6.45, 7) is 0.318. The van der Waals surface area contributed by atoms with E-state index in [0.717, 1.165) is 10.8 Å². The second-order valence-electron chi connectivity index (χ2n) is 11.6. The minimum Gasteiger partial charge on any atom is -0.481 e. The second kappa shape index (κ2) is 18.4. The molecule has 7 amide bonds. The number of halogens is 1. The minimum absolute atomic E-state index is 0.0325. The van der Waals surface area contributed by atoms with E-state index in [2.05, 4.69) is 21.3 Å². The molecule has 1 saturated heterocycles. The van der Waals surface area contributed by atoms with E-state index in [1.807, 2.05) is 42.5 Å². The lowest BCUT2D eigenvalue weighted by Gasteiger charge is -2.37. The van der Waals surface area contributed by atoms with Crippen LogP contribution in [-0.4, -0.2) is 94.7 Å². The summed E-state index contributed by atoms with van der Waals surface area (Å²) < 4.78 is 0. The third-order valence-corrected chi connectivity index (χ3v) is 8.25. The molecule has 3 rings (SSSR count). The molecular formula is C32H42ClN7O8. The predicted octanol–water partition coefficient (Wildman–Crippen LogP) is 0.255. The summed E-state index contributed by atoms with van der Waals surface area (Å²) in [7, 11) is 0. The summed E-state index contributed by atoms with van der Waals surface area (Å²) >= 11 is 5.61. The number of alkyl halides is 1. The van der Waals surface area contributed by atoms with Crippen molar-refractivity contribution in [3.63, 3.8) is 0 Å². The Bertz CT molecular complexity index is 1510. The summed E-state index contributed by atoms with van der Waals surface area (Å²) in [5.74, 6) is -5.05. The highest BCUT2D eigenvalue weighted by atomic mass is 35.5. The average Bonchev–Trinajstić information content (AvgIpc) is 3.06. The average molecular weight is 688 g/mol. The Balaban J connectivity index is 1.85. The molecule has 0 aliphatic carbocycles. The number of piperidine rings is 1. The van der Waals surface area contributed by atoms with Gasteiger partial charge in [-0.25, -0.2) is 4.79 Å². The van der Waals surface area contributed by atoms with Gasteiger partial charge in [0.15, 0.2) is 0 Å². The molecular weight excluding hydrogens is 646 g/mol. The van der Waals surface area contributed by atoms with Crippen LogP contribution < -0.4 is 32.7 Å². The van der Waals surface area contributed by atoms with Crippen LogP contribution >= 0.6 is 11.6 Å². The van der Waals surface area contributed by atoms with Crippen molar-refractivity contribution in [2.45, 2.75) is 75.5 Å². The Labute approximate surface area is 282 Å². The fourth-order valence-corrected chi connectivity index (χ4v) is 5.66. The van der Waals surface area contributed by atoms with E-state index in [4.69, 9.17) is 23.1 Å². The SMILES string of the molecule is NC(=O)NCCCC(NC(=O)C(Cc1ccc2ccccc2c1)NC(=O)C1CCCCN1C(=O)C(CCC(=O)O)NC(=O)CCl)C(N)=O. The summed E-state index contributed by atoms with van der Waals surface area (Å²) in [6.07, 6.45) is 1.21. The van der Waals surface area contributed by atoms with Gasteiger partial charge in [-0.3, -0.25) is 28.8 Å². The van der Waals surface area contributed by atoms with Gasteiger partial charge >= 0.3 is 12.0 Å². The number of nitrogens with zero attached hydrogens (tertiary/aromatic N) is 1. The highest BCUT2D eigenvalue weighted by Crippen LogP contribution is 2.21. The van der Waals surface area contributed by atoms with Crippen LogP contribution in [0.15, 0.2) is 42.5 Å². The molecule has 1 fully saturated rings. The first-order chi connectivity index (χ1) is 22.9. The first-order valence-electron chi connectivity index (χ1n) is 15.7. The molecule has 1 aliphatic rings. The monoisotopic (exact) mass is 687 g/mol. The largest absolute Gasteiger partial charge is 0.481 e. The molecule has 4 atom stereocenters. The lowest BCUT2D eigenvalue weighted by Crippen LogP contribution is -2.60. The molecule has 260 valence electrons. The minimum atomic E-state index is -1.22. The number of primary amides is 2. The van der Waals surface area contributed by atoms with Gasteiger partial charge in [0.05, 0.1) is 0 Å². The smallest absolute Gasteiger partial charge is 0.312 e. The highest BCUT2D eigenvalue weighted by Gasteiger charge is 2.38. The fraction of sp³-hybridized carbons (Fsp3) is 0.469. The van der Waals surface area contributed by atoms with Crippen LogP contribution in [0.4, 0.5) is 4.79 Å². The number of rotatable bonds is 17. The van der Waals surface area contributed by atoms with E-state index in [9.17, 15) is 38.7 Å². The van der Waals surface area contributed by atoms with Gasteiger partial charge in [0.1, 0.15) is 30.0 Å². The van der Waals surface area contributed by atoms with Crippen LogP contribution in [0, 0.1) is 0 Å². The molecule has 0 bridgehead atoms. The first kappa shape index (κ1) is 37.5. The number of benzene rings is 2. The molecule has 1 heterocycles. The van der Waals surface area contributed by atoms with E-state index in [0.29, 0.717) is 18.4 Å². The van der Waals surface area contributed by atoms with Gasteiger partial charge in [0, 0.05) is 25.9 Å². The van der Waals surface area contributed by atoms with Crippen LogP contribution in [0.1, 0.15) is 50.5 Å². The molecule has 16 heteroatoms. The molecule has 0 radical (unpaired) electrons. The maximum Gasteiger partial charge on any atom is 0.312 e. The molecule has 9 N–H and O–H groups in total. The van der Waals surface area contributed by atoms with Crippen molar-refractivity contribution in [2.24, 2.45) is 11.5 Å². The van der Waals surface area contributed by atoms with Crippen LogP contribution in [0.3, 0.4) is 0 Å². The van der Waals surface area contributed by atoms with Crippen LogP contribution in [0.25, 0.3) is 10.8 Å². The van der Waals surface area contributed by atoms with E-state index in [1.54, 1.807) is 0 Å². The second-order valence-corrected chi connectivity index (χ2v) is 11.8. The zero-order valence-electron chi connectivity index (χ0n) is 26.4. The van der Waals surface area contributed by atoms with Crippen molar-refractivity contribution >= 4 is 63.9 Å². The molecule has 1 aliphatic heterocycles. The van der Waals surface area contributed by atoms with E-state index < -0.39 is 78.0 Å². The molecule has 0 spiro atoms. The summed E-state index contributed by atoms with van der Waals surface area (Å²) in [5, 5.41) is 21.3. The topological polar surface area (TPSA) is 243 Å². The lowest BCUT2D eigenvalue weighted by molar-refractivity contribution is -0.146. The lowest BCUT2D eigenvalue weighted by atomic mass is 9.97. The Morgan fingerprint density at radius 1 is 0.896 bits per heavy atom. The van der Waals surface area contributed by atoms with Gasteiger partial charge in [0.25, 0.3) is 0 Å². The van der Waals surface area contributed by atoms with Gasteiger partial charge in [-0.2, -0.15) is 0 Å².